The van der Waals surface area contributed by atoms with Crippen LogP contribution in [0.25, 0.3) is 0 Å². The number of benzene rings is 1. The second kappa shape index (κ2) is 7.26. The van der Waals surface area contributed by atoms with Crippen LogP contribution in [0, 0.1) is 16.0 Å². The van der Waals surface area contributed by atoms with Crippen LogP contribution in [0.2, 0.25) is 0 Å². The first-order valence-corrected chi connectivity index (χ1v) is 7.34. The highest BCUT2D eigenvalue weighted by Gasteiger charge is 2.20. The summed E-state index contributed by atoms with van der Waals surface area (Å²) in [5, 5.41) is 11.1. The van der Waals surface area contributed by atoms with Crippen molar-refractivity contribution in [3.63, 3.8) is 0 Å². The van der Waals surface area contributed by atoms with E-state index < -0.39 is 4.92 Å². The SMILES string of the molecule is COc1cc(CN)c([N+](=O)[O-])cc1OCC1CCCCC1. The molecule has 0 aromatic heterocycles. The van der Waals surface area contributed by atoms with Crippen LogP contribution in [0.4, 0.5) is 5.69 Å². The second-order valence-corrected chi connectivity index (χ2v) is 5.41. The summed E-state index contributed by atoms with van der Waals surface area (Å²) < 4.78 is 11.0. The third-order valence-electron chi connectivity index (χ3n) is 3.98. The van der Waals surface area contributed by atoms with Crippen LogP contribution in [0.5, 0.6) is 11.5 Å². The Morgan fingerprint density at radius 2 is 2.00 bits per heavy atom. The molecule has 0 amide bonds. The molecule has 21 heavy (non-hydrogen) atoms. The number of methoxy groups -OCH3 is 1. The van der Waals surface area contributed by atoms with E-state index >= 15 is 0 Å². The van der Waals surface area contributed by atoms with E-state index in [9.17, 15) is 10.1 Å². The molecule has 0 saturated heterocycles. The van der Waals surface area contributed by atoms with Crippen LogP contribution in [0.3, 0.4) is 0 Å². The van der Waals surface area contributed by atoms with E-state index in [1.54, 1.807) is 6.07 Å². The number of hydrogen-bond donors (Lipinski definition) is 1. The number of nitro groups is 1. The molecule has 1 aliphatic carbocycles. The van der Waals surface area contributed by atoms with E-state index in [2.05, 4.69) is 0 Å². The third kappa shape index (κ3) is 3.85. The lowest BCUT2D eigenvalue weighted by molar-refractivity contribution is -0.385. The first-order chi connectivity index (χ1) is 10.2. The maximum absolute atomic E-state index is 11.1. The van der Waals surface area contributed by atoms with E-state index in [0.717, 1.165) is 12.8 Å². The lowest BCUT2D eigenvalue weighted by Crippen LogP contribution is -2.15. The van der Waals surface area contributed by atoms with Gasteiger partial charge in [-0.05, 0) is 24.8 Å². The third-order valence-corrected chi connectivity index (χ3v) is 3.98. The normalized spacial score (nSPS) is 15.7. The van der Waals surface area contributed by atoms with Gasteiger partial charge in [-0.3, -0.25) is 10.1 Å². The van der Waals surface area contributed by atoms with E-state index in [-0.39, 0.29) is 12.2 Å². The summed E-state index contributed by atoms with van der Waals surface area (Å²) in [5.74, 6) is 1.44. The fourth-order valence-electron chi connectivity index (χ4n) is 2.76. The first-order valence-electron chi connectivity index (χ1n) is 7.34. The average Bonchev–Trinajstić information content (AvgIpc) is 2.52. The molecule has 0 heterocycles. The zero-order valence-electron chi connectivity index (χ0n) is 12.3. The molecule has 1 aliphatic rings. The Kier molecular flexibility index (Phi) is 5.38. The summed E-state index contributed by atoms with van der Waals surface area (Å²) in [7, 11) is 1.52. The van der Waals surface area contributed by atoms with E-state index in [4.69, 9.17) is 15.2 Å². The Balaban J connectivity index is 2.16. The summed E-state index contributed by atoms with van der Waals surface area (Å²) in [6, 6.07) is 3.01. The minimum Gasteiger partial charge on any atom is -0.493 e. The van der Waals surface area contributed by atoms with E-state index in [1.807, 2.05) is 0 Å². The van der Waals surface area contributed by atoms with Crippen molar-refractivity contribution in [3.8, 4) is 11.5 Å². The molecule has 2 rings (SSSR count). The predicted molar refractivity (Wildman–Crippen MR) is 79.6 cm³/mol. The average molecular weight is 294 g/mol. The fraction of sp³-hybridized carbons (Fsp3) is 0.600. The molecule has 2 N–H and O–H groups in total. The van der Waals surface area contributed by atoms with Gasteiger partial charge in [0.2, 0.25) is 0 Å². The molecule has 116 valence electrons. The Morgan fingerprint density at radius 1 is 1.29 bits per heavy atom. The predicted octanol–water partition coefficient (Wildman–Crippen LogP) is 3.02. The molecule has 1 aromatic rings. The Morgan fingerprint density at radius 3 is 2.57 bits per heavy atom. The zero-order valence-corrected chi connectivity index (χ0v) is 12.3. The molecule has 1 saturated carbocycles. The van der Waals surface area contributed by atoms with Crippen LogP contribution in [0.1, 0.15) is 37.7 Å². The molecule has 6 heteroatoms. The fourth-order valence-corrected chi connectivity index (χ4v) is 2.76. The van der Waals surface area contributed by atoms with Gasteiger partial charge in [0.25, 0.3) is 5.69 Å². The minimum absolute atomic E-state index is 0.0167. The molecule has 0 unspecified atom stereocenters. The lowest BCUT2D eigenvalue weighted by atomic mass is 9.90. The number of ether oxygens (including phenoxy) is 2. The molecular formula is C15H22N2O4. The van der Waals surface area contributed by atoms with Crippen molar-refractivity contribution in [2.75, 3.05) is 13.7 Å². The van der Waals surface area contributed by atoms with Crippen molar-refractivity contribution < 1.29 is 14.4 Å². The highest BCUT2D eigenvalue weighted by Crippen LogP contribution is 2.35. The van der Waals surface area contributed by atoms with Crippen LogP contribution in [0.15, 0.2) is 12.1 Å². The lowest BCUT2D eigenvalue weighted by Gasteiger charge is -2.22. The summed E-state index contributed by atoms with van der Waals surface area (Å²) >= 11 is 0. The summed E-state index contributed by atoms with van der Waals surface area (Å²) in [4.78, 5) is 10.7. The maximum Gasteiger partial charge on any atom is 0.277 e. The highest BCUT2D eigenvalue weighted by atomic mass is 16.6. The van der Waals surface area contributed by atoms with Crippen molar-refractivity contribution in [3.05, 3.63) is 27.8 Å². The zero-order chi connectivity index (χ0) is 15.2. The van der Waals surface area contributed by atoms with Gasteiger partial charge in [0.1, 0.15) is 0 Å². The van der Waals surface area contributed by atoms with Crippen molar-refractivity contribution in [1.82, 2.24) is 0 Å². The molecule has 1 aromatic carbocycles. The first kappa shape index (κ1) is 15.6. The molecule has 0 bridgehead atoms. The molecule has 1 fully saturated rings. The monoisotopic (exact) mass is 294 g/mol. The highest BCUT2D eigenvalue weighted by molar-refractivity contribution is 5.54. The van der Waals surface area contributed by atoms with Gasteiger partial charge in [-0.25, -0.2) is 0 Å². The van der Waals surface area contributed by atoms with Gasteiger partial charge in [-0.2, -0.15) is 0 Å². The Labute approximate surface area is 124 Å². The molecule has 0 aliphatic heterocycles. The molecule has 0 spiro atoms. The molecular weight excluding hydrogens is 272 g/mol. The van der Waals surface area contributed by atoms with Crippen LogP contribution < -0.4 is 15.2 Å². The quantitative estimate of drug-likeness (QED) is 0.643. The van der Waals surface area contributed by atoms with Gasteiger partial charge in [-0.1, -0.05) is 19.3 Å². The van der Waals surface area contributed by atoms with Crippen LogP contribution >= 0.6 is 0 Å². The minimum atomic E-state index is -0.435. The van der Waals surface area contributed by atoms with Gasteiger partial charge in [-0.15, -0.1) is 0 Å². The standard InChI is InChI=1S/C15H22N2O4/c1-20-14-7-12(9-16)13(17(18)19)8-15(14)21-10-11-5-3-2-4-6-11/h7-8,11H,2-6,9-10,16H2,1H3. The van der Waals surface area contributed by atoms with Gasteiger partial charge in [0, 0.05) is 12.1 Å². The number of nitrogens with two attached hydrogens (primary N) is 1. The van der Waals surface area contributed by atoms with Crippen molar-refractivity contribution in [1.29, 1.82) is 0 Å². The summed E-state index contributed by atoms with van der Waals surface area (Å²) in [5.41, 5.74) is 5.98. The molecule has 6 nitrogen and oxygen atoms in total. The topological polar surface area (TPSA) is 87.6 Å². The summed E-state index contributed by atoms with van der Waals surface area (Å²) in [6.07, 6.45) is 6.07. The van der Waals surface area contributed by atoms with E-state index in [0.29, 0.717) is 29.6 Å². The number of hydrogen-bond acceptors (Lipinski definition) is 5. The van der Waals surface area contributed by atoms with Gasteiger partial charge in [0.05, 0.1) is 24.7 Å². The second-order valence-electron chi connectivity index (χ2n) is 5.41. The van der Waals surface area contributed by atoms with Crippen molar-refractivity contribution in [2.24, 2.45) is 11.7 Å². The Hall–Kier alpha value is -1.82. The van der Waals surface area contributed by atoms with Crippen LogP contribution in [-0.2, 0) is 6.54 Å². The number of nitrogens with zero attached hydrogens (tertiary/aromatic N) is 1. The van der Waals surface area contributed by atoms with Gasteiger partial charge in [0.15, 0.2) is 11.5 Å². The van der Waals surface area contributed by atoms with E-state index in [1.165, 1.54) is 32.4 Å². The van der Waals surface area contributed by atoms with Crippen molar-refractivity contribution in [2.45, 2.75) is 38.6 Å². The van der Waals surface area contributed by atoms with Crippen molar-refractivity contribution >= 4 is 5.69 Å². The van der Waals surface area contributed by atoms with Gasteiger partial charge < -0.3 is 15.2 Å². The smallest absolute Gasteiger partial charge is 0.277 e. The Bertz CT molecular complexity index is 499. The summed E-state index contributed by atoms with van der Waals surface area (Å²) in [6.45, 7) is 0.672. The maximum atomic E-state index is 11.1. The van der Waals surface area contributed by atoms with Crippen LogP contribution in [-0.4, -0.2) is 18.6 Å². The molecule has 0 radical (unpaired) electrons. The van der Waals surface area contributed by atoms with Gasteiger partial charge >= 0.3 is 0 Å². The number of rotatable bonds is 6. The molecule has 0 atom stereocenters. The number of nitro benzene ring substituents is 1. The largest absolute Gasteiger partial charge is 0.493 e.